The zero-order valence-corrected chi connectivity index (χ0v) is 27.4. The van der Waals surface area contributed by atoms with Crippen LogP contribution in [-0.4, -0.2) is 54.7 Å². The first-order valence-electron chi connectivity index (χ1n) is 18.8. The maximum atomic E-state index is 13.5. The highest BCUT2D eigenvalue weighted by atomic mass is 16.9. The van der Waals surface area contributed by atoms with E-state index in [0.717, 1.165) is 64.2 Å². The molecule has 248 valence electrons. The highest BCUT2D eigenvalue weighted by Crippen LogP contribution is 2.50. The Morgan fingerprint density at radius 3 is 1.53 bits per heavy atom. The molecule has 5 atom stereocenters. The first kappa shape index (κ1) is 33.6. The van der Waals surface area contributed by atoms with Crippen LogP contribution in [0.4, 0.5) is 0 Å². The summed E-state index contributed by atoms with van der Waals surface area (Å²) in [5, 5.41) is 3.16. The molecule has 3 aliphatic heterocycles. The Morgan fingerprint density at radius 1 is 0.558 bits per heavy atom. The zero-order valence-electron chi connectivity index (χ0n) is 27.4. The van der Waals surface area contributed by atoms with E-state index in [1.807, 2.05) is 0 Å². The normalized spacial score (nSPS) is 30.9. The molecule has 0 bridgehead atoms. The maximum Gasteiger partial charge on any atom is 0.252 e. The summed E-state index contributed by atoms with van der Waals surface area (Å²) in [6.45, 7) is 2.96. The molecule has 2 spiro atoms. The van der Waals surface area contributed by atoms with Crippen molar-refractivity contribution >= 4 is 5.91 Å². The summed E-state index contributed by atoms with van der Waals surface area (Å²) in [6, 6.07) is 0. The van der Waals surface area contributed by atoms with Gasteiger partial charge in [-0.05, 0) is 32.1 Å². The molecule has 7 nitrogen and oxygen atoms in total. The second-order valence-electron chi connectivity index (χ2n) is 14.3. The number of unbranched alkanes of at least 4 members (excludes halogenated alkanes) is 15. The van der Waals surface area contributed by atoms with Crippen LogP contribution in [-0.2, 0) is 28.5 Å². The highest BCUT2D eigenvalue weighted by Gasteiger charge is 2.65. The summed E-state index contributed by atoms with van der Waals surface area (Å²) in [4.78, 5) is 13.5. The van der Waals surface area contributed by atoms with E-state index in [9.17, 15) is 4.79 Å². The molecule has 0 aromatic heterocycles. The third-order valence-corrected chi connectivity index (χ3v) is 10.7. The second-order valence-corrected chi connectivity index (χ2v) is 14.3. The average molecular weight is 606 g/mol. The van der Waals surface area contributed by atoms with Crippen LogP contribution >= 0.6 is 0 Å². The van der Waals surface area contributed by atoms with E-state index in [4.69, 9.17) is 23.7 Å². The van der Waals surface area contributed by atoms with E-state index in [0.29, 0.717) is 6.54 Å². The van der Waals surface area contributed by atoms with E-state index >= 15 is 0 Å². The van der Waals surface area contributed by atoms with Crippen molar-refractivity contribution in [3.8, 4) is 0 Å². The molecule has 3 heterocycles. The van der Waals surface area contributed by atoms with Gasteiger partial charge < -0.3 is 29.0 Å². The third-order valence-electron chi connectivity index (χ3n) is 10.7. The summed E-state index contributed by atoms with van der Waals surface area (Å²) in [5.41, 5.74) is 0. The van der Waals surface area contributed by atoms with Gasteiger partial charge in [0.15, 0.2) is 24.0 Å². The van der Waals surface area contributed by atoms with Gasteiger partial charge in [-0.1, -0.05) is 116 Å². The number of hydrogen-bond donors (Lipinski definition) is 1. The van der Waals surface area contributed by atoms with Crippen molar-refractivity contribution in [2.75, 3.05) is 6.54 Å². The standard InChI is InChI=1S/C36H63NO6/c1-2-3-4-5-6-7-8-9-10-11-12-13-14-15-16-23-28-37-33(38)31-29-30(41-35(40-29)24-19-17-20-25-35)32-34(39-31)43-36(42-32)26-21-18-22-27-36/h29-32,34H,2-28H2,1H3,(H,37,38)/t29-,30-,31+,32+,34+/m0/s1. The van der Waals surface area contributed by atoms with Crippen molar-refractivity contribution < 1.29 is 28.5 Å². The molecule has 7 heteroatoms. The van der Waals surface area contributed by atoms with Crippen LogP contribution in [0.25, 0.3) is 0 Å². The molecular formula is C36H63NO6. The average Bonchev–Trinajstić information content (AvgIpc) is 3.56. The van der Waals surface area contributed by atoms with Crippen molar-refractivity contribution in [3.63, 3.8) is 0 Å². The minimum Gasteiger partial charge on any atom is -0.354 e. The van der Waals surface area contributed by atoms with Crippen LogP contribution in [0.15, 0.2) is 0 Å². The highest BCUT2D eigenvalue weighted by molar-refractivity contribution is 5.81. The minimum atomic E-state index is -0.726. The van der Waals surface area contributed by atoms with Gasteiger partial charge in [0.1, 0.15) is 18.3 Å². The Bertz CT molecular complexity index is 810. The largest absolute Gasteiger partial charge is 0.354 e. The van der Waals surface area contributed by atoms with Gasteiger partial charge in [0.2, 0.25) is 0 Å². The second kappa shape index (κ2) is 17.3. The quantitative estimate of drug-likeness (QED) is 0.158. The van der Waals surface area contributed by atoms with Crippen LogP contribution in [0, 0.1) is 0 Å². The molecule has 2 saturated carbocycles. The molecule has 5 rings (SSSR count). The maximum absolute atomic E-state index is 13.5. The monoisotopic (exact) mass is 605 g/mol. The number of carbonyl (C=O) groups excluding carboxylic acids is 1. The Balaban J connectivity index is 0.965. The van der Waals surface area contributed by atoms with Crippen LogP contribution in [0.1, 0.15) is 174 Å². The van der Waals surface area contributed by atoms with Gasteiger partial charge in [-0.2, -0.15) is 0 Å². The fraction of sp³-hybridized carbons (Fsp3) is 0.972. The summed E-state index contributed by atoms with van der Waals surface area (Å²) in [5.74, 6) is -1.30. The Labute approximate surface area is 262 Å². The van der Waals surface area contributed by atoms with Crippen molar-refractivity contribution in [2.45, 2.75) is 216 Å². The molecule has 0 unspecified atom stereocenters. The number of fused-ring (bicyclic) bond motifs is 3. The number of carbonyl (C=O) groups is 1. The predicted octanol–water partition coefficient (Wildman–Crippen LogP) is 8.61. The molecule has 1 N–H and O–H groups in total. The number of nitrogens with one attached hydrogen (secondary N) is 1. The lowest BCUT2D eigenvalue weighted by Gasteiger charge is -2.36. The fourth-order valence-corrected chi connectivity index (χ4v) is 8.15. The topological polar surface area (TPSA) is 75.3 Å². The van der Waals surface area contributed by atoms with E-state index in [-0.39, 0.29) is 18.1 Å². The van der Waals surface area contributed by atoms with Gasteiger partial charge in [-0.15, -0.1) is 0 Å². The number of amides is 1. The minimum absolute atomic E-state index is 0.0981. The molecule has 43 heavy (non-hydrogen) atoms. The van der Waals surface area contributed by atoms with Crippen molar-refractivity contribution in [3.05, 3.63) is 0 Å². The SMILES string of the molecule is CCCCCCCCCCCCCCCCCCNC(=O)[C@@H]1O[C@@H]2OC3(CCCCC3)O[C@@H]2[C@H]2OC3(CCCCC3)O[C@@H]21. The number of hydrogen-bond acceptors (Lipinski definition) is 6. The molecule has 1 amide bonds. The van der Waals surface area contributed by atoms with E-state index < -0.39 is 30.1 Å². The van der Waals surface area contributed by atoms with Gasteiger partial charge in [-0.3, -0.25) is 4.79 Å². The van der Waals surface area contributed by atoms with Crippen LogP contribution in [0.2, 0.25) is 0 Å². The van der Waals surface area contributed by atoms with E-state index in [1.54, 1.807) is 0 Å². The van der Waals surface area contributed by atoms with Crippen LogP contribution in [0.3, 0.4) is 0 Å². The van der Waals surface area contributed by atoms with Crippen molar-refractivity contribution in [1.29, 1.82) is 0 Å². The molecule has 5 aliphatic rings. The molecule has 5 fully saturated rings. The van der Waals surface area contributed by atoms with Gasteiger partial charge in [0.05, 0.1) is 0 Å². The first-order valence-corrected chi connectivity index (χ1v) is 18.8. The summed E-state index contributed by atoms with van der Waals surface area (Å²) >= 11 is 0. The van der Waals surface area contributed by atoms with E-state index in [2.05, 4.69) is 12.2 Å². The predicted molar refractivity (Wildman–Crippen MR) is 169 cm³/mol. The zero-order chi connectivity index (χ0) is 29.8. The number of rotatable bonds is 18. The summed E-state index contributed by atoms with van der Waals surface area (Å²) in [7, 11) is 0. The van der Waals surface area contributed by atoms with Gasteiger partial charge in [0, 0.05) is 32.2 Å². The molecule has 2 aliphatic carbocycles. The molecular weight excluding hydrogens is 542 g/mol. The Morgan fingerprint density at radius 2 is 1.00 bits per heavy atom. The van der Waals surface area contributed by atoms with Crippen molar-refractivity contribution in [2.24, 2.45) is 0 Å². The molecule has 0 aromatic carbocycles. The third kappa shape index (κ3) is 9.40. The smallest absolute Gasteiger partial charge is 0.252 e. The molecule has 3 saturated heterocycles. The summed E-state index contributed by atoms with van der Waals surface area (Å²) < 4.78 is 32.7. The van der Waals surface area contributed by atoms with Crippen molar-refractivity contribution in [1.82, 2.24) is 5.32 Å². The lowest BCUT2D eigenvalue weighted by atomic mass is 9.94. The van der Waals surface area contributed by atoms with Gasteiger partial charge >= 0.3 is 0 Å². The summed E-state index contributed by atoms with van der Waals surface area (Å²) in [6.07, 6.45) is 29.4. The lowest BCUT2D eigenvalue weighted by Crippen LogP contribution is -2.59. The van der Waals surface area contributed by atoms with Gasteiger partial charge in [0.25, 0.3) is 5.91 Å². The van der Waals surface area contributed by atoms with E-state index in [1.165, 1.54) is 103 Å². The first-order chi connectivity index (χ1) is 21.1. The van der Waals surface area contributed by atoms with Crippen LogP contribution < -0.4 is 5.32 Å². The van der Waals surface area contributed by atoms with Crippen LogP contribution in [0.5, 0.6) is 0 Å². The lowest BCUT2D eigenvalue weighted by molar-refractivity contribution is -0.247. The molecule has 0 radical (unpaired) electrons. The van der Waals surface area contributed by atoms with Gasteiger partial charge in [-0.25, -0.2) is 0 Å². The Kier molecular flexibility index (Phi) is 13.5. The fourth-order valence-electron chi connectivity index (χ4n) is 8.15. The Hall–Kier alpha value is -0.730. The number of ether oxygens (including phenoxy) is 5. The molecule has 0 aromatic rings.